The molecule has 1 fully saturated rings. The normalized spacial score (nSPS) is 16.2. The highest BCUT2D eigenvalue weighted by Crippen LogP contribution is 2.38. The van der Waals surface area contributed by atoms with Crippen LogP contribution in [0.2, 0.25) is 0 Å². The first kappa shape index (κ1) is 22.1. The number of pyridine rings is 1. The molecule has 8 heteroatoms. The number of aryl methyl sites for hydroxylation is 1. The van der Waals surface area contributed by atoms with Crippen LogP contribution in [0.25, 0.3) is 0 Å². The molecule has 1 unspecified atom stereocenters. The van der Waals surface area contributed by atoms with Gasteiger partial charge in [0.1, 0.15) is 5.75 Å². The number of piperidine rings is 1. The van der Waals surface area contributed by atoms with Gasteiger partial charge >= 0.3 is 0 Å². The van der Waals surface area contributed by atoms with Crippen molar-refractivity contribution in [3.05, 3.63) is 53.7 Å². The van der Waals surface area contributed by atoms with E-state index in [1.165, 1.54) is 11.3 Å². The number of ether oxygens (including phenoxy) is 1. The molecule has 3 aromatic rings. The van der Waals surface area contributed by atoms with Crippen molar-refractivity contribution in [2.45, 2.75) is 29.9 Å². The Bertz CT molecular complexity index is 975. The summed E-state index contributed by atoms with van der Waals surface area (Å²) in [6.07, 6.45) is 4.07. The van der Waals surface area contributed by atoms with Crippen LogP contribution in [-0.4, -0.2) is 52.0 Å². The number of thioether (sulfide) groups is 1. The molecule has 3 heterocycles. The summed E-state index contributed by atoms with van der Waals surface area (Å²) in [5.74, 6) is 2.52. The lowest BCUT2D eigenvalue weighted by atomic mass is 9.94. The van der Waals surface area contributed by atoms with Gasteiger partial charge in [-0.3, -0.25) is 0 Å². The van der Waals surface area contributed by atoms with Crippen LogP contribution in [0.15, 0.2) is 52.9 Å². The van der Waals surface area contributed by atoms with Gasteiger partial charge in [0.25, 0.3) is 0 Å². The maximum Gasteiger partial charge on any atom is 0.188 e. The smallest absolute Gasteiger partial charge is 0.188 e. The van der Waals surface area contributed by atoms with Gasteiger partial charge in [0.05, 0.1) is 12.3 Å². The number of hydrogen-bond donors (Lipinski definition) is 2. The number of anilines is 2. The fraction of sp³-hybridized carbons (Fsp3) is 0.391. The fourth-order valence-electron chi connectivity index (χ4n) is 3.65. The number of thiazole rings is 1. The molecule has 31 heavy (non-hydrogen) atoms. The van der Waals surface area contributed by atoms with Gasteiger partial charge in [0.2, 0.25) is 0 Å². The lowest BCUT2D eigenvalue weighted by molar-refractivity contribution is 0.186. The topological polar surface area (TPSA) is 70.5 Å². The van der Waals surface area contributed by atoms with Crippen LogP contribution in [-0.2, 0) is 0 Å². The van der Waals surface area contributed by atoms with E-state index in [0.29, 0.717) is 17.5 Å². The molecular weight excluding hydrogens is 428 g/mol. The maximum absolute atomic E-state index is 10.1. The molecule has 1 saturated heterocycles. The van der Waals surface area contributed by atoms with E-state index in [4.69, 9.17) is 4.74 Å². The van der Waals surface area contributed by atoms with Gasteiger partial charge in [-0.2, -0.15) is 0 Å². The average molecular weight is 457 g/mol. The third kappa shape index (κ3) is 5.98. The van der Waals surface area contributed by atoms with Gasteiger partial charge in [-0.15, -0.1) is 23.1 Å². The van der Waals surface area contributed by atoms with Gasteiger partial charge < -0.3 is 20.1 Å². The second-order valence-corrected chi connectivity index (χ2v) is 10.0. The molecule has 2 aromatic heterocycles. The molecule has 1 atom stereocenters. The molecule has 6 nitrogen and oxygen atoms in total. The van der Waals surface area contributed by atoms with Crippen molar-refractivity contribution in [1.29, 1.82) is 0 Å². The van der Waals surface area contributed by atoms with Crippen LogP contribution in [0.3, 0.4) is 0 Å². The number of nitrogens with one attached hydrogen (secondary N) is 1. The van der Waals surface area contributed by atoms with Gasteiger partial charge in [0.15, 0.2) is 16.7 Å². The number of rotatable bonds is 8. The first-order valence-corrected chi connectivity index (χ1v) is 12.2. The van der Waals surface area contributed by atoms with Crippen molar-refractivity contribution < 1.29 is 9.84 Å². The van der Waals surface area contributed by atoms with Crippen LogP contribution in [0.1, 0.15) is 18.5 Å². The van der Waals surface area contributed by atoms with Gasteiger partial charge in [-0.05, 0) is 64.0 Å². The first-order chi connectivity index (χ1) is 15.1. The molecule has 0 amide bonds. The third-order valence-electron chi connectivity index (χ3n) is 5.40. The molecule has 0 bridgehead atoms. The Kier molecular flexibility index (Phi) is 7.45. The van der Waals surface area contributed by atoms with E-state index < -0.39 is 0 Å². The summed E-state index contributed by atoms with van der Waals surface area (Å²) in [6.45, 7) is 4.29. The minimum Gasteiger partial charge on any atom is -0.453 e. The summed E-state index contributed by atoms with van der Waals surface area (Å²) in [5.41, 5.74) is 0.967. The van der Waals surface area contributed by atoms with Crippen molar-refractivity contribution in [3.8, 4) is 11.5 Å². The highest BCUT2D eigenvalue weighted by atomic mass is 32.2. The van der Waals surface area contributed by atoms with Crippen molar-refractivity contribution in [2.75, 3.05) is 32.1 Å². The number of aromatic nitrogens is 2. The molecule has 0 saturated carbocycles. The largest absolute Gasteiger partial charge is 0.453 e. The summed E-state index contributed by atoms with van der Waals surface area (Å²) >= 11 is 3.23. The summed E-state index contributed by atoms with van der Waals surface area (Å²) in [4.78, 5) is 12.5. The zero-order valence-electron chi connectivity index (χ0n) is 17.8. The van der Waals surface area contributed by atoms with Crippen molar-refractivity contribution in [2.24, 2.45) is 5.92 Å². The van der Waals surface area contributed by atoms with Crippen LogP contribution >= 0.6 is 23.1 Å². The van der Waals surface area contributed by atoms with Gasteiger partial charge in [-0.1, -0.05) is 18.2 Å². The molecule has 0 spiro atoms. The Hall–Kier alpha value is -2.13. The minimum absolute atomic E-state index is 0.153. The monoisotopic (exact) mass is 456 g/mol. The Balaban J connectivity index is 1.55. The van der Waals surface area contributed by atoms with E-state index in [0.717, 1.165) is 47.4 Å². The third-order valence-corrected chi connectivity index (χ3v) is 7.61. The number of benzene rings is 1. The van der Waals surface area contributed by atoms with Crippen LogP contribution in [0.4, 0.5) is 10.9 Å². The van der Waals surface area contributed by atoms with E-state index in [1.54, 1.807) is 11.8 Å². The molecule has 1 aliphatic rings. The quantitative estimate of drug-likeness (QED) is 0.453. The molecule has 1 aromatic carbocycles. The lowest BCUT2D eigenvalue weighted by Gasteiger charge is -2.33. The van der Waals surface area contributed by atoms with Crippen molar-refractivity contribution in [1.82, 2.24) is 14.9 Å². The number of nitrogens with zero attached hydrogens (tertiary/aromatic N) is 3. The highest BCUT2D eigenvalue weighted by Gasteiger charge is 2.26. The predicted molar refractivity (Wildman–Crippen MR) is 128 cm³/mol. The number of para-hydroxylation sites is 1. The van der Waals surface area contributed by atoms with Crippen LogP contribution in [0.5, 0.6) is 11.5 Å². The van der Waals surface area contributed by atoms with E-state index >= 15 is 0 Å². The number of hydrogen-bond acceptors (Lipinski definition) is 8. The zero-order chi connectivity index (χ0) is 21.6. The van der Waals surface area contributed by atoms with Gasteiger partial charge in [-0.25, -0.2) is 9.97 Å². The molecule has 2 N–H and O–H groups in total. The van der Waals surface area contributed by atoms with Crippen LogP contribution in [0, 0.1) is 12.8 Å². The Labute approximate surface area is 191 Å². The minimum atomic E-state index is 0.153. The molecule has 4 rings (SSSR count). The fourth-order valence-corrected chi connectivity index (χ4v) is 5.51. The summed E-state index contributed by atoms with van der Waals surface area (Å²) in [5, 5.41) is 16.3. The van der Waals surface area contributed by atoms with Crippen molar-refractivity contribution >= 4 is 34.0 Å². The SMILES string of the molecule is Cc1csc(Nc2ncc(SC(CO)C3CCN(C)CC3)cc2Oc2ccccc2)n1. The summed E-state index contributed by atoms with van der Waals surface area (Å²) in [6, 6.07) is 11.7. The first-order valence-electron chi connectivity index (χ1n) is 10.5. The molecule has 164 valence electrons. The average Bonchev–Trinajstić information content (AvgIpc) is 3.20. The second kappa shape index (κ2) is 10.5. The molecule has 0 radical (unpaired) electrons. The summed E-state index contributed by atoms with van der Waals surface area (Å²) < 4.78 is 6.17. The highest BCUT2D eigenvalue weighted by molar-refractivity contribution is 8.00. The second-order valence-electron chi connectivity index (χ2n) is 7.83. The van der Waals surface area contributed by atoms with E-state index in [1.807, 2.05) is 54.9 Å². The Morgan fingerprint density at radius 1 is 1.29 bits per heavy atom. The predicted octanol–water partition coefficient (Wildman–Crippen LogP) is 5.18. The molecule has 1 aliphatic heterocycles. The van der Waals surface area contributed by atoms with E-state index in [9.17, 15) is 5.11 Å². The Morgan fingerprint density at radius 2 is 2.06 bits per heavy atom. The summed E-state index contributed by atoms with van der Waals surface area (Å²) in [7, 11) is 2.16. The lowest BCUT2D eigenvalue weighted by Crippen LogP contribution is -2.35. The zero-order valence-corrected chi connectivity index (χ0v) is 19.5. The molecular formula is C23H28N4O2S2. The Morgan fingerprint density at radius 3 is 2.74 bits per heavy atom. The molecule has 0 aliphatic carbocycles. The van der Waals surface area contributed by atoms with Crippen LogP contribution < -0.4 is 10.1 Å². The standard InChI is InChI=1S/C23H28N4O2S2/c1-16-15-30-23(25-16)26-22-20(29-18-6-4-3-5-7-18)12-19(13-24-22)31-21(14-28)17-8-10-27(2)11-9-17/h3-7,12-13,15,17,21,28H,8-11,14H2,1-2H3,(H,24,25,26). The van der Waals surface area contributed by atoms with E-state index in [2.05, 4.69) is 27.2 Å². The number of likely N-dealkylation sites (tertiary alicyclic amines) is 1. The van der Waals surface area contributed by atoms with Gasteiger partial charge in [0, 0.05) is 21.7 Å². The van der Waals surface area contributed by atoms with Crippen molar-refractivity contribution in [3.63, 3.8) is 0 Å². The number of aliphatic hydroxyl groups excluding tert-OH is 1. The maximum atomic E-state index is 10.1. The van der Waals surface area contributed by atoms with E-state index in [-0.39, 0.29) is 11.9 Å². The number of aliphatic hydroxyl groups is 1.